The lowest BCUT2D eigenvalue weighted by molar-refractivity contribution is -0.137. The van der Waals surface area contributed by atoms with Crippen LogP contribution >= 0.6 is 0 Å². The highest BCUT2D eigenvalue weighted by molar-refractivity contribution is 7.84. The monoisotopic (exact) mass is 368 g/mol. The lowest BCUT2D eigenvalue weighted by atomic mass is 10.1. The summed E-state index contributed by atoms with van der Waals surface area (Å²) in [5.41, 5.74) is 0.810. The van der Waals surface area contributed by atoms with Gasteiger partial charge in [-0.2, -0.15) is 18.3 Å². The van der Waals surface area contributed by atoms with Crippen LogP contribution in [0.2, 0.25) is 0 Å². The molecule has 0 aliphatic heterocycles. The van der Waals surface area contributed by atoms with Gasteiger partial charge in [-0.25, -0.2) is 4.39 Å². The number of halogens is 4. The van der Waals surface area contributed by atoms with E-state index < -0.39 is 28.4 Å². The van der Waals surface area contributed by atoms with Gasteiger partial charge in [0.25, 0.3) is 0 Å². The fourth-order valence-corrected chi connectivity index (χ4v) is 3.26. The largest absolute Gasteiger partial charge is 0.416 e. The van der Waals surface area contributed by atoms with Crippen LogP contribution in [0.5, 0.6) is 0 Å². The second-order valence-corrected chi connectivity index (χ2v) is 6.75. The Kier molecular flexibility index (Phi) is 4.71. The van der Waals surface area contributed by atoms with Crippen LogP contribution in [0.3, 0.4) is 0 Å². The van der Waals surface area contributed by atoms with Gasteiger partial charge in [-0.05, 0) is 42.5 Å². The van der Waals surface area contributed by atoms with E-state index in [9.17, 15) is 21.8 Å². The highest BCUT2D eigenvalue weighted by Crippen LogP contribution is 2.30. The summed E-state index contributed by atoms with van der Waals surface area (Å²) in [6.07, 6.45) is -4.39. The Morgan fingerprint density at radius 1 is 1.00 bits per heavy atom. The molecule has 3 aromatic rings. The molecule has 1 atom stereocenters. The Morgan fingerprint density at radius 3 is 2.24 bits per heavy atom. The Balaban J connectivity index is 1.74. The van der Waals surface area contributed by atoms with Crippen LogP contribution < -0.4 is 0 Å². The standard InChI is InChI=1S/C17H12F4N2OS/c18-13-5-7-15(8-6-13)25(24)10-14-9-16(23-22-14)11-1-3-12(4-2-11)17(19,20)21/h1-9H,10H2,(H,22,23). The van der Waals surface area contributed by atoms with Gasteiger partial charge >= 0.3 is 6.18 Å². The second-order valence-electron chi connectivity index (χ2n) is 5.30. The molecule has 0 aliphatic carbocycles. The number of hydrogen-bond donors (Lipinski definition) is 1. The predicted octanol–water partition coefficient (Wildman–Crippen LogP) is 4.54. The summed E-state index contributed by atoms with van der Waals surface area (Å²) in [5, 5.41) is 6.76. The fraction of sp³-hybridized carbons (Fsp3) is 0.118. The Bertz CT molecular complexity index is 886. The smallest absolute Gasteiger partial charge is 0.281 e. The van der Waals surface area contributed by atoms with E-state index in [1.165, 1.54) is 36.4 Å². The Hall–Kier alpha value is -2.48. The van der Waals surface area contributed by atoms with E-state index in [0.29, 0.717) is 21.8 Å². The average Bonchev–Trinajstić information content (AvgIpc) is 3.03. The highest BCUT2D eigenvalue weighted by Gasteiger charge is 2.30. The molecule has 25 heavy (non-hydrogen) atoms. The third kappa shape index (κ3) is 4.14. The number of nitrogens with one attached hydrogen (secondary N) is 1. The number of aromatic amines is 1. The molecule has 1 heterocycles. The summed E-state index contributed by atoms with van der Waals surface area (Å²) in [5.74, 6) is -0.272. The van der Waals surface area contributed by atoms with Gasteiger partial charge in [0.15, 0.2) is 0 Å². The molecular formula is C17H12F4N2OS. The lowest BCUT2D eigenvalue weighted by Gasteiger charge is -2.06. The molecule has 3 nitrogen and oxygen atoms in total. The third-order valence-electron chi connectivity index (χ3n) is 3.50. The molecule has 8 heteroatoms. The SMILES string of the molecule is O=S(Cc1cc(-c2ccc(C(F)(F)F)cc2)n[nH]1)c1ccc(F)cc1. The van der Waals surface area contributed by atoms with Crippen molar-refractivity contribution in [1.29, 1.82) is 0 Å². The zero-order valence-electron chi connectivity index (χ0n) is 12.7. The number of benzene rings is 2. The number of rotatable bonds is 4. The summed E-state index contributed by atoms with van der Waals surface area (Å²) in [6.45, 7) is 0. The van der Waals surface area contributed by atoms with E-state index in [1.54, 1.807) is 6.07 Å². The summed E-state index contributed by atoms with van der Waals surface area (Å²) in [4.78, 5) is 0.479. The average molecular weight is 368 g/mol. The summed E-state index contributed by atoms with van der Waals surface area (Å²) in [7, 11) is -1.39. The van der Waals surface area contributed by atoms with Crippen LogP contribution in [0.25, 0.3) is 11.3 Å². The first kappa shape index (κ1) is 17.3. The van der Waals surface area contributed by atoms with Crippen molar-refractivity contribution in [3.05, 3.63) is 71.7 Å². The molecule has 0 fully saturated rings. The molecule has 1 unspecified atom stereocenters. The molecule has 0 spiro atoms. The number of nitrogens with zero attached hydrogens (tertiary/aromatic N) is 1. The third-order valence-corrected chi connectivity index (χ3v) is 4.87. The zero-order chi connectivity index (χ0) is 18.0. The van der Waals surface area contributed by atoms with Gasteiger partial charge in [-0.3, -0.25) is 9.31 Å². The highest BCUT2D eigenvalue weighted by atomic mass is 32.2. The molecular weight excluding hydrogens is 356 g/mol. The van der Waals surface area contributed by atoms with Crippen molar-refractivity contribution in [1.82, 2.24) is 10.2 Å². The molecule has 130 valence electrons. The number of alkyl halides is 3. The van der Waals surface area contributed by atoms with E-state index in [4.69, 9.17) is 0 Å². The minimum atomic E-state index is -4.39. The van der Waals surface area contributed by atoms with E-state index in [-0.39, 0.29) is 5.75 Å². The van der Waals surface area contributed by atoms with Crippen molar-refractivity contribution >= 4 is 10.8 Å². The van der Waals surface area contributed by atoms with Gasteiger partial charge in [0.05, 0.1) is 27.8 Å². The van der Waals surface area contributed by atoms with E-state index >= 15 is 0 Å². The molecule has 0 saturated carbocycles. The molecule has 2 aromatic carbocycles. The maximum Gasteiger partial charge on any atom is 0.416 e. The van der Waals surface area contributed by atoms with Crippen molar-refractivity contribution in [2.45, 2.75) is 16.8 Å². The number of H-pyrrole nitrogens is 1. The van der Waals surface area contributed by atoms with Crippen LogP contribution in [0.4, 0.5) is 17.6 Å². The van der Waals surface area contributed by atoms with Crippen molar-refractivity contribution in [3.63, 3.8) is 0 Å². The van der Waals surface area contributed by atoms with E-state index in [2.05, 4.69) is 10.2 Å². The van der Waals surface area contributed by atoms with E-state index in [1.807, 2.05) is 0 Å². The fourth-order valence-electron chi connectivity index (χ4n) is 2.22. The molecule has 0 amide bonds. The van der Waals surface area contributed by atoms with Crippen molar-refractivity contribution < 1.29 is 21.8 Å². The summed E-state index contributed by atoms with van der Waals surface area (Å²) in [6, 6.07) is 11.6. The van der Waals surface area contributed by atoms with Crippen LogP contribution in [0.1, 0.15) is 11.3 Å². The molecule has 0 saturated heterocycles. The molecule has 0 bridgehead atoms. The molecule has 0 aliphatic rings. The Labute approximate surface area is 143 Å². The maximum absolute atomic E-state index is 12.9. The van der Waals surface area contributed by atoms with Gasteiger partial charge in [0, 0.05) is 16.2 Å². The first-order valence-electron chi connectivity index (χ1n) is 7.19. The first-order valence-corrected chi connectivity index (χ1v) is 8.51. The molecule has 1 aromatic heterocycles. The van der Waals surface area contributed by atoms with Crippen LogP contribution in [0, 0.1) is 5.82 Å². The van der Waals surface area contributed by atoms with Crippen molar-refractivity contribution in [2.24, 2.45) is 0 Å². The minimum absolute atomic E-state index is 0.138. The first-order chi connectivity index (χ1) is 11.8. The topological polar surface area (TPSA) is 45.8 Å². The Morgan fingerprint density at radius 2 is 1.64 bits per heavy atom. The molecule has 3 rings (SSSR count). The quantitative estimate of drug-likeness (QED) is 0.687. The van der Waals surface area contributed by atoms with Crippen molar-refractivity contribution in [2.75, 3.05) is 0 Å². The molecule has 1 N–H and O–H groups in total. The maximum atomic E-state index is 12.9. The second kappa shape index (κ2) is 6.79. The summed E-state index contributed by atoms with van der Waals surface area (Å²) >= 11 is 0. The normalized spacial score (nSPS) is 13.0. The van der Waals surface area contributed by atoms with Crippen LogP contribution in [0.15, 0.2) is 59.5 Å². The van der Waals surface area contributed by atoms with E-state index in [0.717, 1.165) is 12.1 Å². The van der Waals surface area contributed by atoms with Crippen LogP contribution in [-0.4, -0.2) is 14.4 Å². The minimum Gasteiger partial charge on any atom is -0.281 e. The number of hydrogen-bond acceptors (Lipinski definition) is 2. The van der Waals surface area contributed by atoms with Crippen molar-refractivity contribution in [3.8, 4) is 11.3 Å². The summed E-state index contributed by atoms with van der Waals surface area (Å²) < 4.78 is 62.9. The van der Waals surface area contributed by atoms with Gasteiger partial charge in [0.1, 0.15) is 5.82 Å². The number of aromatic nitrogens is 2. The van der Waals surface area contributed by atoms with Gasteiger partial charge in [0.2, 0.25) is 0 Å². The zero-order valence-corrected chi connectivity index (χ0v) is 13.5. The van der Waals surface area contributed by atoms with Crippen LogP contribution in [-0.2, 0) is 22.7 Å². The van der Waals surface area contributed by atoms with Gasteiger partial charge in [-0.1, -0.05) is 12.1 Å². The van der Waals surface area contributed by atoms with Gasteiger partial charge in [-0.15, -0.1) is 0 Å². The van der Waals surface area contributed by atoms with Gasteiger partial charge < -0.3 is 0 Å². The molecule has 0 radical (unpaired) electrons. The lowest BCUT2D eigenvalue weighted by Crippen LogP contribution is -2.03. The predicted molar refractivity (Wildman–Crippen MR) is 85.5 cm³/mol.